The molecule has 0 spiro atoms. The zero-order valence-electron chi connectivity index (χ0n) is 17.1. The topological polar surface area (TPSA) is 12.9 Å². The van der Waals surface area contributed by atoms with Crippen molar-refractivity contribution in [2.45, 2.75) is 0 Å². The normalized spacial score (nSPS) is 11.8. The van der Waals surface area contributed by atoms with E-state index < -0.39 is 0 Å². The number of nitrogens with zero attached hydrogens (tertiary/aromatic N) is 1. The minimum absolute atomic E-state index is 1.01. The van der Waals surface area contributed by atoms with Gasteiger partial charge in [-0.25, -0.2) is 0 Å². The summed E-state index contributed by atoms with van der Waals surface area (Å²) in [6, 6.07) is 34.8. The second-order valence-electron chi connectivity index (χ2n) is 8.00. The number of benzene rings is 4. The first kappa shape index (κ1) is 18.1. The Morgan fingerprint density at radius 1 is 0.531 bits per heavy atom. The molecular formula is C29H17NS2. The first-order valence-corrected chi connectivity index (χ1v) is 12.3. The molecule has 4 aromatic carbocycles. The van der Waals surface area contributed by atoms with Crippen LogP contribution >= 0.6 is 22.7 Å². The molecule has 3 heterocycles. The molecule has 0 saturated carbocycles. The first-order chi connectivity index (χ1) is 15.9. The van der Waals surface area contributed by atoms with Crippen molar-refractivity contribution in [2.75, 3.05) is 0 Å². The molecule has 7 rings (SSSR count). The summed E-state index contributed by atoms with van der Waals surface area (Å²) in [4.78, 5) is 4.67. The molecule has 0 unspecified atom stereocenters. The summed E-state index contributed by atoms with van der Waals surface area (Å²) >= 11 is 3.80. The van der Waals surface area contributed by atoms with Gasteiger partial charge in [0.05, 0.1) is 5.69 Å². The highest BCUT2D eigenvalue weighted by Crippen LogP contribution is 2.48. The maximum Gasteiger partial charge on any atom is 0.0708 e. The average Bonchev–Trinajstić information content (AvgIpc) is 3.42. The zero-order valence-corrected chi connectivity index (χ0v) is 18.7. The van der Waals surface area contributed by atoms with E-state index in [0.29, 0.717) is 0 Å². The van der Waals surface area contributed by atoms with Crippen LogP contribution in [0.15, 0.2) is 103 Å². The fourth-order valence-corrected chi connectivity index (χ4v) is 7.20. The van der Waals surface area contributed by atoms with Gasteiger partial charge in [-0.15, -0.1) is 22.7 Å². The number of hydrogen-bond acceptors (Lipinski definition) is 3. The molecule has 7 aromatic rings. The molecule has 150 valence electrons. The summed E-state index contributed by atoms with van der Waals surface area (Å²) in [5.41, 5.74) is 4.65. The lowest BCUT2D eigenvalue weighted by molar-refractivity contribution is 1.33. The van der Waals surface area contributed by atoms with E-state index in [1.54, 1.807) is 0 Å². The third-order valence-electron chi connectivity index (χ3n) is 6.13. The van der Waals surface area contributed by atoms with Gasteiger partial charge >= 0.3 is 0 Å². The molecule has 0 atom stereocenters. The molecule has 0 N–H and O–H groups in total. The highest BCUT2D eigenvalue weighted by molar-refractivity contribution is 7.30. The smallest absolute Gasteiger partial charge is 0.0708 e. The third kappa shape index (κ3) is 2.65. The van der Waals surface area contributed by atoms with E-state index in [4.69, 9.17) is 0 Å². The second kappa shape index (κ2) is 6.99. The number of rotatable bonds is 2. The monoisotopic (exact) mass is 443 g/mol. The molecule has 0 bridgehead atoms. The van der Waals surface area contributed by atoms with Crippen molar-refractivity contribution in [2.24, 2.45) is 0 Å². The van der Waals surface area contributed by atoms with Gasteiger partial charge < -0.3 is 0 Å². The number of hydrogen-bond donors (Lipinski definition) is 0. The molecule has 0 aliphatic heterocycles. The Bertz CT molecular complexity index is 1770. The summed E-state index contributed by atoms with van der Waals surface area (Å²) in [7, 11) is 0. The van der Waals surface area contributed by atoms with Gasteiger partial charge in [0.2, 0.25) is 0 Å². The molecule has 0 amide bonds. The van der Waals surface area contributed by atoms with Crippen LogP contribution in [0.5, 0.6) is 0 Å². The Labute approximate surface area is 193 Å². The van der Waals surface area contributed by atoms with Crippen LogP contribution in [0, 0.1) is 0 Å². The Morgan fingerprint density at radius 3 is 2.06 bits per heavy atom. The van der Waals surface area contributed by atoms with E-state index in [9.17, 15) is 0 Å². The molecule has 32 heavy (non-hydrogen) atoms. The van der Waals surface area contributed by atoms with E-state index in [1.165, 1.54) is 51.5 Å². The number of fused-ring (bicyclic) bond motifs is 7. The van der Waals surface area contributed by atoms with E-state index >= 15 is 0 Å². The predicted octanol–water partition coefficient (Wildman–Crippen LogP) is 9.15. The number of pyridine rings is 1. The third-order valence-corrected chi connectivity index (χ3v) is 8.54. The lowest BCUT2D eigenvalue weighted by atomic mass is 9.98. The Morgan fingerprint density at radius 2 is 1.22 bits per heavy atom. The minimum Gasteiger partial charge on any atom is -0.256 e. The largest absolute Gasteiger partial charge is 0.256 e. The Hall–Kier alpha value is -3.53. The highest BCUT2D eigenvalue weighted by atomic mass is 32.1. The maximum atomic E-state index is 4.67. The van der Waals surface area contributed by atoms with Gasteiger partial charge in [0.1, 0.15) is 0 Å². The Balaban J connectivity index is 1.62. The summed E-state index contributed by atoms with van der Waals surface area (Å²) in [5, 5.41) is 5.42. The summed E-state index contributed by atoms with van der Waals surface area (Å²) < 4.78 is 5.43. The molecule has 0 aliphatic rings. The van der Waals surface area contributed by atoms with E-state index in [-0.39, 0.29) is 0 Å². The molecule has 0 fully saturated rings. The lowest BCUT2D eigenvalue weighted by Crippen LogP contribution is -1.86. The van der Waals surface area contributed by atoms with Gasteiger partial charge in [-0.1, -0.05) is 66.7 Å². The van der Waals surface area contributed by atoms with Crippen LogP contribution in [0.2, 0.25) is 0 Å². The van der Waals surface area contributed by atoms with Gasteiger partial charge in [-0.05, 0) is 35.9 Å². The fraction of sp³-hybridized carbons (Fsp3) is 0. The van der Waals surface area contributed by atoms with Crippen LogP contribution in [-0.2, 0) is 0 Å². The van der Waals surface area contributed by atoms with E-state index in [2.05, 4.69) is 96.0 Å². The summed E-state index contributed by atoms with van der Waals surface area (Å²) in [6.07, 6.45) is 1.94. The SMILES string of the molecule is c1ccc(-c2cc(-c3cc4c5ccccc5sc4c4c3sc3ccccc34)ccn2)cc1. The maximum absolute atomic E-state index is 4.67. The average molecular weight is 444 g/mol. The van der Waals surface area contributed by atoms with Crippen LogP contribution < -0.4 is 0 Å². The molecule has 3 heteroatoms. The van der Waals surface area contributed by atoms with Gasteiger partial charge in [0, 0.05) is 57.7 Å². The van der Waals surface area contributed by atoms with Crippen LogP contribution in [0.25, 0.3) is 62.7 Å². The van der Waals surface area contributed by atoms with E-state index in [1.807, 2.05) is 34.9 Å². The lowest BCUT2D eigenvalue weighted by Gasteiger charge is -2.08. The van der Waals surface area contributed by atoms with Crippen molar-refractivity contribution in [1.29, 1.82) is 0 Å². The van der Waals surface area contributed by atoms with Crippen molar-refractivity contribution >= 4 is 63.0 Å². The predicted molar refractivity (Wildman–Crippen MR) is 141 cm³/mol. The van der Waals surface area contributed by atoms with Crippen LogP contribution in [-0.4, -0.2) is 4.98 Å². The Kier molecular flexibility index (Phi) is 3.95. The fourth-order valence-electron chi connectivity index (χ4n) is 4.64. The van der Waals surface area contributed by atoms with Crippen LogP contribution in [0.3, 0.4) is 0 Å². The van der Waals surface area contributed by atoms with Gasteiger partial charge in [0.25, 0.3) is 0 Å². The molecule has 3 aromatic heterocycles. The number of thiophene rings is 2. The summed E-state index contributed by atoms with van der Waals surface area (Å²) in [6.45, 7) is 0. The summed E-state index contributed by atoms with van der Waals surface area (Å²) in [5.74, 6) is 0. The first-order valence-electron chi connectivity index (χ1n) is 10.6. The quantitative estimate of drug-likeness (QED) is 0.259. The zero-order chi connectivity index (χ0) is 21.1. The number of aromatic nitrogens is 1. The van der Waals surface area contributed by atoms with Crippen LogP contribution in [0.4, 0.5) is 0 Å². The van der Waals surface area contributed by atoms with Gasteiger partial charge in [-0.3, -0.25) is 4.98 Å². The van der Waals surface area contributed by atoms with Crippen LogP contribution in [0.1, 0.15) is 0 Å². The molecular weight excluding hydrogens is 426 g/mol. The minimum atomic E-state index is 1.01. The van der Waals surface area contributed by atoms with Gasteiger partial charge in [-0.2, -0.15) is 0 Å². The van der Waals surface area contributed by atoms with E-state index in [0.717, 1.165) is 11.3 Å². The highest BCUT2D eigenvalue weighted by Gasteiger charge is 2.18. The standard InChI is InChI=1S/C29H17NS2/c1-2-8-18(9-3-1)24-16-19(14-15-30-24)22-17-23-20-10-4-6-12-25(20)31-29(23)27-21-11-5-7-13-26(21)32-28(22)27/h1-17H. The molecule has 0 radical (unpaired) electrons. The van der Waals surface area contributed by atoms with Crippen molar-refractivity contribution < 1.29 is 0 Å². The molecule has 0 saturated heterocycles. The van der Waals surface area contributed by atoms with Crippen molar-refractivity contribution in [3.05, 3.63) is 103 Å². The van der Waals surface area contributed by atoms with Crippen molar-refractivity contribution in [3.63, 3.8) is 0 Å². The van der Waals surface area contributed by atoms with Gasteiger partial charge in [0.15, 0.2) is 0 Å². The van der Waals surface area contributed by atoms with Crippen molar-refractivity contribution in [3.8, 4) is 22.4 Å². The molecule has 1 nitrogen and oxygen atoms in total. The van der Waals surface area contributed by atoms with Crippen molar-refractivity contribution in [1.82, 2.24) is 4.98 Å². The second-order valence-corrected chi connectivity index (χ2v) is 10.1. The molecule has 0 aliphatic carbocycles.